The molecule has 0 saturated carbocycles. The Hall–Kier alpha value is -2.88. The summed E-state index contributed by atoms with van der Waals surface area (Å²) >= 11 is 12.4. The van der Waals surface area contributed by atoms with Crippen LogP contribution in [0.5, 0.6) is 0 Å². The largest absolute Gasteiger partial charge is 0.338 e. The molecule has 1 atom stereocenters. The molecule has 0 unspecified atom stereocenters. The van der Waals surface area contributed by atoms with Crippen molar-refractivity contribution in [1.29, 1.82) is 0 Å². The Labute approximate surface area is 204 Å². The third-order valence-corrected chi connectivity index (χ3v) is 7.19. The van der Waals surface area contributed by atoms with Crippen molar-refractivity contribution in [3.8, 4) is 0 Å². The number of amides is 2. The van der Waals surface area contributed by atoms with Crippen molar-refractivity contribution in [3.63, 3.8) is 0 Å². The molecule has 2 aliphatic heterocycles. The Morgan fingerprint density at radius 3 is 2.47 bits per heavy atom. The van der Waals surface area contributed by atoms with Crippen LogP contribution in [0, 0.1) is 5.82 Å². The first-order chi connectivity index (χ1) is 16.3. The second-order valence-corrected chi connectivity index (χ2v) is 9.28. The van der Waals surface area contributed by atoms with Crippen molar-refractivity contribution in [3.05, 3.63) is 73.6 Å². The molecule has 3 aromatic rings. The molecule has 4 heterocycles. The summed E-state index contributed by atoms with van der Waals surface area (Å²) in [5, 5.41) is 3.56. The Morgan fingerprint density at radius 2 is 1.79 bits per heavy atom. The molecule has 8 nitrogen and oxygen atoms in total. The summed E-state index contributed by atoms with van der Waals surface area (Å²) in [6, 6.07) is 5.72. The minimum atomic E-state index is -0.611. The molecule has 0 bridgehead atoms. The Bertz CT molecular complexity index is 1340. The van der Waals surface area contributed by atoms with E-state index in [2.05, 4.69) is 10.3 Å². The van der Waals surface area contributed by atoms with Crippen molar-refractivity contribution in [2.45, 2.75) is 18.9 Å². The van der Waals surface area contributed by atoms with E-state index >= 15 is 0 Å². The van der Waals surface area contributed by atoms with Gasteiger partial charge in [-0.1, -0.05) is 29.3 Å². The summed E-state index contributed by atoms with van der Waals surface area (Å²) in [5.41, 5.74) is 1.24. The monoisotopic (exact) mass is 505 g/mol. The number of nitrogens with zero attached hydrogens (tertiary/aromatic N) is 3. The van der Waals surface area contributed by atoms with Crippen molar-refractivity contribution in [2.24, 2.45) is 0 Å². The lowest BCUT2D eigenvalue weighted by molar-refractivity contribution is -0.136. The number of H-pyrrole nitrogens is 1. The van der Waals surface area contributed by atoms with Gasteiger partial charge in [-0.15, -0.1) is 0 Å². The standard InChI is InChI=1S/C23H22Cl2FN5O3/c24-16-11-19-21(32)28-12-14(31(19)20(16)25)9-13-1-2-17(26)15(10-13)22(33)29-5-7-30(8-6-29)23(34)18-3-4-27-18/h1-2,10-12,18,27H,3-9H2,(H,28,32)/t18-/m0/s1. The fourth-order valence-corrected chi connectivity index (χ4v) is 4.84. The van der Waals surface area contributed by atoms with Crippen molar-refractivity contribution in [2.75, 3.05) is 32.7 Å². The highest BCUT2D eigenvalue weighted by atomic mass is 35.5. The van der Waals surface area contributed by atoms with E-state index in [1.54, 1.807) is 20.3 Å². The number of aromatic nitrogens is 2. The van der Waals surface area contributed by atoms with Crippen LogP contribution in [0.1, 0.15) is 28.0 Å². The summed E-state index contributed by atoms with van der Waals surface area (Å²) in [6.45, 7) is 2.38. The van der Waals surface area contributed by atoms with Crippen LogP contribution >= 0.6 is 23.2 Å². The van der Waals surface area contributed by atoms with Crippen LogP contribution < -0.4 is 10.9 Å². The minimum Gasteiger partial charge on any atom is -0.338 e. The average Bonchev–Trinajstić information content (AvgIpc) is 3.11. The van der Waals surface area contributed by atoms with E-state index in [0.717, 1.165) is 13.0 Å². The summed E-state index contributed by atoms with van der Waals surface area (Å²) in [6.07, 6.45) is 2.64. The second-order valence-electron chi connectivity index (χ2n) is 8.52. The van der Waals surface area contributed by atoms with Crippen LogP contribution in [0.25, 0.3) is 5.52 Å². The van der Waals surface area contributed by atoms with Crippen LogP contribution in [0.2, 0.25) is 10.2 Å². The number of fused-ring (bicyclic) bond motifs is 1. The second kappa shape index (κ2) is 9.05. The van der Waals surface area contributed by atoms with Gasteiger partial charge in [-0.2, -0.15) is 0 Å². The molecule has 34 heavy (non-hydrogen) atoms. The highest BCUT2D eigenvalue weighted by molar-refractivity contribution is 6.42. The number of rotatable bonds is 4. The maximum atomic E-state index is 14.6. The van der Waals surface area contributed by atoms with Crippen LogP contribution in [0.15, 0.2) is 35.3 Å². The normalized spacial score (nSPS) is 18.3. The van der Waals surface area contributed by atoms with Gasteiger partial charge in [0.25, 0.3) is 11.5 Å². The van der Waals surface area contributed by atoms with Gasteiger partial charge >= 0.3 is 0 Å². The zero-order valence-electron chi connectivity index (χ0n) is 18.1. The fraction of sp³-hybridized carbons (Fsp3) is 0.348. The van der Waals surface area contributed by atoms with Gasteiger partial charge in [-0.05, 0) is 36.7 Å². The van der Waals surface area contributed by atoms with E-state index in [4.69, 9.17) is 23.2 Å². The van der Waals surface area contributed by atoms with Gasteiger partial charge in [0.2, 0.25) is 5.91 Å². The Morgan fingerprint density at radius 1 is 1.09 bits per heavy atom. The molecule has 0 spiro atoms. The molecule has 5 rings (SSSR count). The molecular weight excluding hydrogens is 484 g/mol. The van der Waals surface area contributed by atoms with E-state index in [0.29, 0.717) is 43.0 Å². The number of hydrogen-bond donors (Lipinski definition) is 2. The third kappa shape index (κ3) is 4.08. The van der Waals surface area contributed by atoms with Gasteiger partial charge in [-0.25, -0.2) is 4.39 Å². The van der Waals surface area contributed by atoms with E-state index < -0.39 is 11.7 Å². The molecule has 11 heteroatoms. The summed E-state index contributed by atoms with van der Waals surface area (Å²) < 4.78 is 16.2. The van der Waals surface area contributed by atoms with Gasteiger partial charge in [-0.3, -0.25) is 18.8 Å². The van der Waals surface area contributed by atoms with E-state index in [-0.39, 0.29) is 39.7 Å². The van der Waals surface area contributed by atoms with Gasteiger partial charge in [0.1, 0.15) is 16.5 Å². The predicted molar refractivity (Wildman–Crippen MR) is 126 cm³/mol. The molecule has 2 aliphatic rings. The molecule has 0 radical (unpaired) electrons. The fourth-order valence-electron chi connectivity index (χ4n) is 4.40. The van der Waals surface area contributed by atoms with Crippen LogP contribution in [-0.2, 0) is 11.2 Å². The number of benzene rings is 1. The number of carbonyl (C=O) groups is 2. The zero-order valence-corrected chi connectivity index (χ0v) is 19.6. The SMILES string of the molecule is O=C(c1cc(Cc2c[nH]c(=O)c3cc(Cl)c(Cl)n23)ccc1F)N1CCN(C(=O)[C@@H]2CCN2)CC1. The van der Waals surface area contributed by atoms with Crippen LogP contribution in [0.4, 0.5) is 4.39 Å². The first-order valence-corrected chi connectivity index (χ1v) is 11.8. The average molecular weight is 506 g/mol. The van der Waals surface area contributed by atoms with Gasteiger partial charge < -0.3 is 20.1 Å². The Balaban J connectivity index is 1.34. The minimum absolute atomic E-state index is 0.0322. The van der Waals surface area contributed by atoms with E-state index in [1.165, 1.54) is 24.4 Å². The lowest BCUT2D eigenvalue weighted by Crippen LogP contribution is -2.59. The maximum absolute atomic E-state index is 14.6. The number of halogens is 3. The molecule has 2 fully saturated rings. The highest BCUT2D eigenvalue weighted by Gasteiger charge is 2.32. The molecule has 2 saturated heterocycles. The Kier molecular flexibility index (Phi) is 6.09. The summed E-state index contributed by atoms with van der Waals surface area (Å²) in [4.78, 5) is 43.6. The van der Waals surface area contributed by atoms with Crippen LogP contribution in [0.3, 0.4) is 0 Å². The molecule has 0 aliphatic carbocycles. The van der Waals surface area contributed by atoms with Crippen LogP contribution in [-0.4, -0.2) is 69.8 Å². The lowest BCUT2D eigenvalue weighted by atomic mass is 10.0. The van der Waals surface area contributed by atoms with Gasteiger partial charge in [0, 0.05) is 44.5 Å². The lowest BCUT2D eigenvalue weighted by Gasteiger charge is -2.38. The number of carbonyl (C=O) groups excluding carboxylic acids is 2. The third-order valence-electron chi connectivity index (χ3n) is 6.43. The van der Waals surface area contributed by atoms with Crippen molar-refractivity contribution in [1.82, 2.24) is 24.5 Å². The first-order valence-electron chi connectivity index (χ1n) is 11.0. The molecule has 2 aromatic heterocycles. The van der Waals surface area contributed by atoms with Crippen molar-refractivity contribution < 1.29 is 14.0 Å². The topological polar surface area (TPSA) is 89.9 Å². The van der Waals surface area contributed by atoms with E-state index in [1.807, 2.05) is 0 Å². The summed E-state index contributed by atoms with van der Waals surface area (Å²) in [7, 11) is 0. The summed E-state index contributed by atoms with van der Waals surface area (Å²) in [5.74, 6) is -0.969. The molecular formula is C23H22Cl2FN5O3. The molecule has 2 N–H and O–H groups in total. The number of aromatic amines is 1. The molecule has 1 aromatic carbocycles. The molecule has 178 valence electrons. The molecule has 2 amide bonds. The maximum Gasteiger partial charge on any atom is 0.272 e. The van der Waals surface area contributed by atoms with Gasteiger partial charge in [0.15, 0.2) is 0 Å². The first kappa shape index (κ1) is 22.9. The number of hydrogen-bond acceptors (Lipinski definition) is 4. The smallest absolute Gasteiger partial charge is 0.272 e. The van der Waals surface area contributed by atoms with Gasteiger partial charge in [0.05, 0.1) is 16.6 Å². The van der Waals surface area contributed by atoms with E-state index in [9.17, 15) is 18.8 Å². The van der Waals surface area contributed by atoms with Crippen molar-refractivity contribution >= 4 is 40.5 Å². The number of piperazine rings is 1. The zero-order chi connectivity index (χ0) is 24.0. The predicted octanol–water partition coefficient (Wildman–Crippen LogP) is 2.31. The number of nitrogens with one attached hydrogen (secondary N) is 2. The highest BCUT2D eigenvalue weighted by Crippen LogP contribution is 2.27. The quantitative estimate of drug-likeness (QED) is 0.569.